The third-order valence-electron chi connectivity index (χ3n) is 15.0. The summed E-state index contributed by atoms with van der Waals surface area (Å²) in [4.78, 5) is 89.2. The van der Waals surface area contributed by atoms with Gasteiger partial charge in [-0.2, -0.15) is 0 Å². The Bertz CT molecular complexity index is 3630. The molecule has 3 saturated heterocycles. The predicted octanol–water partition coefficient (Wildman–Crippen LogP) is 8.49. The number of anilines is 3. The number of carbonyl (C=O) groups excluding carboxylic acids is 3. The van der Waals surface area contributed by atoms with Crippen molar-refractivity contribution in [3.63, 3.8) is 0 Å². The van der Waals surface area contributed by atoms with E-state index in [9.17, 15) is 14.4 Å². The van der Waals surface area contributed by atoms with Gasteiger partial charge in [-0.15, -0.1) is 0 Å². The minimum atomic E-state index is -0.000404. The quantitative estimate of drug-likeness (QED) is 0.119. The zero-order valence-corrected chi connectivity index (χ0v) is 49.6. The summed E-state index contributed by atoms with van der Waals surface area (Å²) in [6, 6.07) is 23.8. The molecule has 25 heteroatoms. The topological polar surface area (TPSA) is 211 Å². The second-order valence-corrected chi connectivity index (χ2v) is 21.4. The van der Waals surface area contributed by atoms with E-state index in [1.165, 1.54) is 7.11 Å². The molecule has 84 heavy (non-hydrogen) atoms. The van der Waals surface area contributed by atoms with Crippen LogP contribution >= 0.6 is 34.8 Å². The Morgan fingerprint density at radius 1 is 0.452 bits per heavy atom. The lowest BCUT2D eigenvalue weighted by Gasteiger charge is -2.34. The fourth-order valence-electron chi connectivity index (χ4n) is 10.4. The first-order chi connectivity index (χ1) is 40.2. The number of rotatable bonds is 11. The molecule has 440 valence electrons. The van der Waals surface area contributed by atoms with Crippen molar-refractivity contribution in [2.24, 2.45) is 21.1 Å². The highest BCUT2D eigenvalue weighted by molar-refractivity contribution is 6.33. The molecule has 0 unspecified atom stereocenters. The van der Waals surface area contributed by atoms with E-state index in [0.717, 1.165) is 39.5 Å². The summed E-state index contributed by atoms with van der Waals surface area (Å²) in [5.74, 6) is 4.36. The summed E-state index contributed by atoms with van der Waals surface area (Å²) in [7, 11) is 7.39. The molecule has 0 aliphatic carbocycles. The van der Waals surface area contributed by atoms with Gasteiger partial charge in [-0.25, -0.2) is 44.9 Å². The van der Waals surface area contributed by atoms with Gasteiger partial charge in [-0.1, -0.05) is 92.5 Å². The SMILES string of the molecule is C.CCC(=O)N1CCN(c2ncc(Cl)c(-c3nc4ccccc4n3C)n2)CC1.CCCC(=O)N1CCN(c2ncc(Cl)c(-c3nc4ccccc4n3C)n2)CC1.COCC(=O)N1CCN(c2ncc(Cl)c(-c3nc4ccccc4n3C)n2)CC1. The van der Waals surface area contributed by atoms with Gasteiger partial charge in [0.15, 0.2) is 17.5 Å². The minimum absolute atomic E-state index is 0. The number of imidazole rings is 3. The minimum Gasteiger partial charge on any atom is -0.375 e. The highest BCUT2D eigenvalue weighted by Gasteiger charge is 2.28. The highest BCUT2D eigenvalue weighted by atomic mass is 35.5. The maximum atomic E-state index is 12.1. The Balaban J connectivity index is 0.000000150. The molecule has 22 nitrogen and oxygen atoms in total. The summed E-state index contributed by atoms with van der Waals surface area (Å²) in [6.45, 7) is 12.1. The molecule has 0 N–H and O–H groups in total. The van der Waals surface area contributed by atoms with E-state index in [0.29, 0.717) is 159 Å². The molecule has 0 radical (unpaired) electrons. The maximum absolute atomic E-state index is 12.1. The number of amides is 3. The van der Waals surface area contributed by atoms with E-state index < -0.39 is 0 Å². The van der Waals surface area contributed by atoms with Gasteiger partial charge in [0.05, 0.1) is 66.8 Å². The number of ether oxygens (including phenoxy) is 1. The number of benzene rings is 3. The van der Waals surface area contributed by atoms with Crippen LogP contribution in [0.15, 0.2) is 91.4 Å². The first kappa shape index (κ1) is 60.5. The van der Waals surface area contributed by atoms with Crippen molar-refractivity contribution in [3.8, 4) is 34.6 Å². The molecule has 3 amide bonds. The van der Waals surface area contributed by atoms with Crippen molar-refractivity contribution in [1.82, 2.24) is 73.3 Å². The first-order valence-electron chi connectivity index (χ1n) is 27.6. The lowest BCUT2D eigenvalue weighted by atomic mass is 10.2. The van der Waals surface area contributed by atoms with Crippen molar-refractivity contribution < 1.29 is 19.1 Å². The lowest BCUT2D eigenvalue weighted by Crippen LogP contribution is -2.50. The standard InChI is InChI=1S/C20H23ClN6O.C19H21ClN6O2.C19H21ClN6O.CH4/c1-3-6-17(28)26-9-11-27(12-10-26)20-22-13-14(21)18(24-20)19-23-15-7-4-5-8-16(15)25(19)2;1-24-15-6-4-3-5-14(15)22-18(24)17-13(20)11-21-19(23-17)26-9-7-25(8-10-26)16(27)12-28-2;1-3-16(27)25-8-10-26(11-9-25)19-21-12-13(20)17(23-19)18-22-14-6-4-5-7-15(14)24(18)2;/h4-5,7-8,13H,3,6,9-12H2,1-2H3;3-6,11H,7-10,12H2,1-2H3;4-7,12H,3,8-11H2,1-2H3;1H4. The van der Waals surface area contributed by atoms with Crippen LogP contribution in [-0.2, 0) is 40.3 Å². The van der Waals surface area contributed by atoms with Gasteiger partial charge in [-0.05, 0) is 42.8 Å². The van der Waals surface area contributed by atoms with E-state index in [2.05, 4.69) is 34.6 Å². The zero-order chi connectivity index (χ0) is 58.3. The molecule has 3 aliphatic rings. The highest BCUT2D eigenvalue weighted by Crippen LogP contribution is 2.33. The number of aromatic nitrogens is 12. The maximum Gasteiger partial charge on any atom is 0.248 e. The average Bonchev–Trinajstić information content (AvgIpc) is 3.59. The summed E-state index contributed by atoms with van der Waals surface area (Å²) >= 11 is 19.2. The van der Waals surface area contributed by atoms with Crippen LogP contribution in [0.4, 0.5) is 17.8 Å². The van der Waals surface area contributed by atoms with E-state index in [4.69, 9.17) is 64.5 Å². The van der Waals surface area contributed by atoms with Crippen LogP contribution in [-0.4, -0.2) is 183 Å². The molecule has 0 atom stereocenters. The van der Waals surface area contributed by atoms with E-state index >= 15 is 0 Å². The Kier molecular flexibility index (Phi) is 19.5. The second kappa shape index (κ2) is 27.1. The third-order valence-corrected chi connectivity index (χ3v) is 15.8. The fraction of sp³-hybridized carbons (Fsp3) is 0.390. The van der Waals surface area contributed by atoms with E-state index in [1.807, 2.05) is 131 Å². The van der Waals surface area contributed by atoms with Crippen LogP contribution in [0.25, 0.3) is 67.7 Å². The largest absolute Gasteiger partial charge is 0.375 e. The van der Waals surface area contributed by atoms with Crippen molar-refractivity contribution in [2.45, 2.75) is 40.5 Å². The Morgan fingerprint density at radius 2 is 0.762 bits per heavy atom. The van der Waals surface area contributed by atoms with Gasteiger partial charge in [0.1, 0.15) is 23.7 Å². The van der Waals surface area contributed by atoms with Crippen molar-refractivity contribution in [1.29, 1.82) is 0 Å². The molecule has 0 bridgehead atoms. The Hall–Kier alpha value is -8.05. The van der Waals surface area contributed by atoms with Crippen LogP contribution < -0.4 is 14.7 Å². The molecule has 12 rings (SSSR count). The molecular weight excluding hydrogens is 1130 g/mol. The number of methoxy groups -OCH3 is 1. The number of hydrogen-bond donors (Lipinski definition) is 0. The molecule has 0 spiro atoms. The van der Waals surface area contributed by atoms with Crippen molar-refractivity contribution in [3.05, 3.63) is 106 Å². The van der Waals surface area contributed by atoms with Gasteiger partial charge in [0.25, 0.3) is 0 Å². The van der Waals surface area contributed by atoms with Crippen LogP contribution in [0.3, 0.4) is 0 Å². The Morgan fingerprint density at radius 3 is 1.06 bits per heavy atom. The predicted molar refractivity (Wildman–Crippen MR) is 330 cm³/mol. The van der Waals surface area contributed by atoms with E-state index in [-0.39, 0.29) is 31.8 Å². The summed E-state index contributed by atoms with van der Waals surface area (Å²) < 4.78 is 10.9. The summed E-state index contributed by atoms with van der Waals surface area (Å²) in [6.07, 6.45) is 6.89. The van der Waals surface area contributed by atoms with Crippen LogP contribution in [0.1, 0.15) is 40.5 Å². The number of para-hydroxylation sites is 6. The summed E-state index contributed by atoms with van der Waals surface area (Å²) in [5.41, 5.74) is 7.59. The number of halogens is 3. The monoisotopic (exact) mass is 1200 g/mol. The average molecular weight is 1200 g/mol. The van der Waals surface area contributed by atoms with Gasteiger partial charge >= 0.3 is 0 Å². The second-order valence-electron chi connectivity index (χ2n) is 20.2. The number of fused-ring (bicyclic) bond motifs is 3. The van der Waals surface area contributed by atoms with Crippen molar-refractivity contribution >= 4 is 103 Å². The third kappa shape index (κ3) is 13.0. The smallest absolute Gasteiger partial charge is 0.248 e. The van der Waals surface area contributed by atoms with Crippen LogP contribution in [0.2, 0.25) is 15.1 Å². The number of hydrogen-bond acceptors (Lipinski definition) is 16. The number of nitrogens with zero attached hydrogens (tertiary/aromatic N) is 18. The molecular formula is C59H69Cl3N18O4. The van der Waals surface area contributed by atoms with Gasteiger partial charge in [-0.3, -0.25) is 14.4 Å². The normalized spacial score (nSPS) is 14.5. The zero-order valence-electron chi connectivity index (χ0n) is 47.3. The number of aryl methyl sites for hydroxylation is 3. The molecule has 3 aliphatic heterocycles. The lowest BCUT2D eigenvalue weighted by molar-refractivity contribution is -0.135. The first-order valence-corrected chi connectivity index (χ1v) is 28.8. The van der Waals surface area contributed by atoms with Gasteiger partial charge in [0, 0.05) is 120 Å². The molecule has 0 saturated carbocycles. The number of carbonyl (C=O) groups is 3. The van der Waals surface area contributed by atoms with Gasteiger partial charge in [0.2, 0.25) is 35.6 Å². The van der Waals surface area contributed by atoms with Crippen LogP contribution in [0.5, 0.6) is 0 Å². The fourth-order valence-corrected chi connectivity index (χ4v) is 10.9. The number of piperazine rings is 3. The molecule has 9 heterocycles. The molecule has 6 aromatic heterocycles. The van der Waals surface area contributed by atoms with Crippen molar-refractivity contribution in [2.75, 3.05) is 107 Å². The van der Waals surface area contributed by atoms with E-state index in [1.54, 1.807) is 23.5 Å². The Labute approximate surface area is 503 Å². The van der Waals surface area contributed by atoms with Gasteiger partial charge < -0.3 is 47.8 Å². The summed E-state index contributed by atoms with van der Waals surface area (Å²) in [5, 5.41) is 1.40. The molecule has 3 aromatic carbocycles. The molecule has 9 aromatic rings. The molecule has 3 fully saturated rings. The van der Waals surface area contributed by atoms with Crippen LogP contribution in [0, 0.1) is 0 Å².